The summed E-state index contributed by atoms with van der Waals surface area (Å²) in [7, 11) is 0. The van der Waals surface area contributed by atoms with Gasteiger partial charge in [-0.05, 0) is 37.3 Å². The third-order valence-electron chi connectivity index (χ3n) is 5.09. The molecule has 0 bridgehead atoms. The largest absolute Gasteiger partial charge is 0.339 e. The summed E-state index contributed by atoms with van der Waals surface area (Å²) in [6, 6.07) is 3.98. The van der Waals surface area contributed by atoms with Gasteiger partial charge in [-0.1, -0.05) is 24.1 Å². The van der Waals surface area contributed by atoms with Gasteiger partial charge in [-0.3, -0.25) is 10.1 Å². The van der Waals surface area contributed by atoms with E-state index in [4.69, 9.17) is 4.52 Å². The number of aromatic nitrogens is 2. The summed E-state index contributed by atoms with van der Waals surface area (Å²) in [6.07, 6.45) is 6.12. The summed E-state index contributed by atoms with van der Waals surface area (Å²) in [6.45, 7) is 0.391. The summed E-state index contributed by atoms with van der Waals surface area (Å²) in [4.78, 5) is 14.6. The van der Waals surface area contributed by atoms with Gasteiger partial charge in [0.05, 0.1) is 10.5 Å². The molecular formula is C17H19FN4O3. The van der Waals surface area contributed by atoms with Crippen LogP contribution in [-0.2, 0) is 12.1 Å². The van der Waals surface area contributed by atoms with E-state index >= 15 is 0 Å². The number of halogens is 1. The maximum absolute atomic E-state index is 13.8. The molecule has 1 aromatic carbocycles. The van der Waals surface area contributed by atoms with E-state index in [1.165, 1.54) is 12.1 Å². The molecule has 0 unspecified atom stereocenters. The first-order valence-corrected chi connectivity index (χ1v) is 8.59. The number of nitrogens with one attached hydrogen (secondary N) is 1. The van der Waals surface area contributed by atoms with Crippen LogP contribution in [0.3, 0.4) is 0 Å². The van der Waals surface area contributed by atoms with Crippen molar-refractivity contribution < 1.29 is 13.8 Å². The molecule has 132 valence electrons. The molecule has 2 fully saturated rings. The normalized spacial score (nSPS) is 19.2. The second-order valence-electron chi connectivity index (χ2n) is 6.92. The van der Waals surface area contributed by atoms with Crippen LogP contribution in [0.5, 0.6) is 0 Å². The Morgan fingerprint density at radius 3 is 2.76 bits per heavy atom. The second-order valence-corrected chi connectivity index (χ2v) is 6.92. The molecule has 0 radical (unpaired) electrons. The van der Waals surface area contributed by atoms with Crippen molar-refractivity contribution in [1.29, 1.82) is 0 Å². The molecule has 0 spiro atoms. The Morgan fingerprint density at radius 1 is 1.36 bits per heavy atom. The van der Waals surface area contributed by atoms with Crippen LogP contribution in [0.1, 0.15) is 61.7 Å². The van der Waals surface area contributed by atoms with Crippen molar-refractivity contribution in [3.63, 3.8) is 0 Å². The molecule has 8 heteroatoms. The monoisotopic (exact) mass is 346 g/mol. The minimum Gasteiger partial charge on any atom is -0.339 e. The first-order chi connectivity index (χ1) is 12.1. The molecule has 0 saturated heterocycles. The zero-order valence-corrected chi connectivity index (χ0v) is 13.7. The van der Waals surface area contributed by atoms with E-state index in [1.807, 2.05) is 0 Å². The fourth-order valence-electron chi connectivity index (χ4n) is 3.46. The average Bonchev–Trinajstić information content (AvgIpc) is 3.12. The Balaban J connectivity index is 1.52. The van der Waals surface area contributed by atoms with Crippen molar-refractivity contribution in [2.45, 2.75) is 56.5 Å². The fourth-order valence-corrected chi connectivity index (χ4v) is 3.46. The molecule has 1 aromatic heterocycles. The first kappa shape index (κ1) is 16.1. The molecule has 0 aliphatic heterocycles. The highest BCUT2D eigenvalue weighted by molar-refractivity contribution is 5.35. The van der Waals surface area contributed by atoms with Gasteiger partial charge in [0.1, 0.15) is 0 Å². The molecule has 1 heterocycles. The van der Waals surface area contributed by atoms with Gasteiger partial charge < -0.3 is 9.84 Å². The molecular weight excluding hydrogens is 327 g/mol. The van der Waals surface area contributed by atoms with Crippen LogP contribution >= 0.6 is 0 Å². The highest BCUT2D eigenvalue weighted by atomic mass is 19.1. The maximum Gasteiger partial charge on any atom is 0.304 e. The van der Waals surface area contributed by atoms with Crippen molar-refractivity contribution in [3.8, 4) is 0 Å². The Bertz CT molecular complexity index is 797. The standard InChI is InChI=1S/C17H19FN4O3/c18-13-9-11(3-6-14(13)22(23)24)10-19-17(7-1-2-8-17)16-20-15(25-21-16)12-4-5-12/h3,6,9,12,19H,1-2,4-5,7-8,10H2. The Morgan fingerprint density at radius 2 is 2.12 bits per heavy atom. The van der Waals surface area contributed by atoms with Crippen LogP contribution in [0.2, 0.25) is 0 Å². The van der Waals surface area contributed by atoms with E-state index < -0.39 is 16.4 Å². The van der Waals surface area contributed by atoms with Gasteiger partial charge in [0, 0.05) is 18.5 Å². The van der Waals surface area contributed by atoms with Crippen molar-refractivity contribution in [3.05, 3.63) is 51.4 Å². The van der Waals surface area contributed by atoms with E-state index in [0.717, 1.165) is 38.5 Å². The minimum atomic E-state index is -0.819. The maximum atomic E-state index is 13.8. The molecule has 7 nitrogen and oxygen atoms in total. The number of benzene rings is 1. The molecule has 25 heavy (non-hydrogen) atoms. The van der Waals surface area contributed by atoms with Gasteiger partial charge in [-0.15, -0.1) is 0 Å². The van der Waals surface area contributed by atoms with Crippen molar-refractivity contribution >= 4 is 5.69 Å². The number of nitrogens with zero attached hydrogens (tertiary/aromatic N) is 3. The summed E-state index contributed by atoms with van der Waals surface area (Å²) >= 11 is 0. The van der Waals surface area contributed by atoms with Crippen LogP contribution in [0.15, 0.2) is 22.7 Å². The molecule has 0 atom stereocenters. The lowest BCUT2D eigenvalue weighted by atomic mass is 9.96. The summed E-state index contributed by atoms with van der Waals surface area (Å²) < 4.78 is 19.2. The molecule has 2 aliphatic carbocycles. The first-order valence-electron chi connectivity index (χ1n) is 8.59. The zero-order chi connectivity index (χ0) is 17.4. The quantitative estimate of drug-likeness (QED) is 0.635. The van der Waals surface area contributed by atoms with Gasteiger partial charge in [-0.2, -0.15) is 9.37 Å². The number of rotatable bonds is 6. The zero-order valence-electron chi connectivity index (χ0n) is 13.7. The van der Waals surface area contributed by atoms with Crippen LogP contribution in [0, 0.1) is 15.9 Å². The van der Waals surface area contributed by atoms with E-state index in [2.05, 4.69) is 15.5 Å². The van der Waals surface area contributed by atoms with Gasteiger partial charge in [-0.25, -0.2) is 0 Å². The van der Waals surface area contributed by atoms with Gasteiger partial charge >= 0.3 is 5.69 Å². The van der Waals surface area contributed by atoms with Crippen molar-refractivity contribution in [2.75, 3.05) is 0 Å². The van der Waals surface area contributed by atoms with E-state index in [9.17, 15) is 14.5 Å². The van der Waals surface area contributed by atoms with Crippen LogP contribution in [0.4, 0.5) is 10.1 Å². The lowest BCUT2D eigenvalue weighted by molar-refractivity contribution is -0.387. The predicted molar refractivity (Wildman–Crippen MR) is 86.3 cm³/mol. The Labute approximate surface area is 143 Å². The second kappa shape index (κ2) is 6.18. The topological polar surface area (TPSA) is 94.1 Å². The number of hydrogen-bond acceptors (Lipinski definition) is 6. The van der Waals surface area contributed by atoms with E-state index in [0.29, 0.717) is 29.7 Å². The van der Waals surface area contributed by atoms with Crippen LogP contribution in [-0.4, -0.2) is 15.1 Å². The predicted octanol–water partition coefficient (Wildman–Crippen LogP) is 3.55. The summed E-state index contributed by atoms with van der Waals surface area (Å²) in [5, 5.41) is 18.4. The van der Waals surface area contributed by atoms with Crippen LogP contribution in [0.25, 0.3) is 0 Å². The number of nitro benzene ring substituents is 1. The lowest BCUT2D eigenvalue weighted by Crippen LogP contribution is -2.40. The Hall–Kier alpha value is -2.35. The third-order valence-corrected chi connectivity index (χ3v) is 5.09. The van der Waals surface area contributed by atoms with E-state index in [-0.39, 0.29) is 5.54 Å². The van der Waals surface area contributed by atoms with Crippen LogP contribution < -0.4 is 5.32 Å². The smallest absolute Gasteiger partial charge is 0.304 e. The summed E-state index contributed by atoms with van der Waals surface area (Å²) in [5.41, 5.74) is -0.221. The third kappa shape index (κ3) is 3.13. The highest BCUT2D eigenvalue weighted by Gasteiger charge is 2.41. The molecule has 1 N–H and O–H groups in total. The molecule has 2 aliphatic rings. The Kier molecular flexibility index (Phi) is 3.99. The highest BCUT2D eigenvalue weighted by Crippen LogP contribution is 2.42. The number of hydrogen-bond donors (Lipinski definition) is 1. The van der Waals surface area contributed by atoms with Crippen molar-refractivity contribution in [1.82, 2.24) is 15.5 Å². The van der Waals surface area contributed by atoms with Gasteiger partial charge in [0.25, 0.3) is 0 Å². The summed E-state index contributed by atoms with van der Waals surface area (Å²) in [5.74, 6) is 0.975. The SMILES string of the molecule is O=[N+]([O-])c1ccc(CNC2(c3noc(C4CC4)n3)CCCC2)cc1F. The van der Waals surface area contributed by atoms with E-state index in [1.54, 1.807) is 6.07 Å². The lowest BCUT2D eigenvalue weighted by Gasteiger charge is -2.27. The average molecular weight is 346 g/mol. The molecule has 4 rings (SSSR count). The molecule has 2 aromatic rings. The van der Waals surface area contributed by atoms with Gasteiger partial charge in [0.15, 0.2) is 5.82 Å². The minimum absolute atomic E-state index is 0.366. The fraction of sp³-hybridized carbons (Fsp3) is 0.529. The number of nitro groups is 1. The van der Waals surface area contributed by atoms with Gasteiger partial charge in [0.2, 0.25) is 11.7 Å². The van der Waals surface area contributed by atoms with Crippen molar-refractivity contribution in [2.24, 2.45) is 0 Å². The molecule has 2 saturated carbocycles. The molecule has 0 amide bonds.